The SMILES string of the molecule is CN1CCC2(CCc3cc(B4OC(C)(C)C(C)(C)O4)ccc3O2)CC1. The summed E-state index contributed by atoms with van der Waals surface area (Å²) in [7, 11) is 1.90. The fourth-order valence-electron chi connectivity index (χ4n) is 4.04. The average molecular weight is 343 g/mol. The van der Waals surface area contributed by atoms with Crippen LogP contribution in [0, 0.1) is 0 Å². The molecule has 0 unspecified atom stereocenters. The highest BCUT2D eigenvalue weighted by Crippen LogP contribution is 2.40. The van der Waals surface area contributed by atoms with Gasteiger partial charge in [0.15, 0.2) is 0 Å². The largest absolute Gasteiger partial charge is 0.494 e. The van der Waals surface area contributed by atoms with E-state index >= 15 is 0 Å². The second kappa shape index (κ2) is 5.73. The molecular formula is C20H30BNO3. The molecule has 3 aliphatic rings. The lowest BCUT2D eigenvalue weighted by Gasteiger charge is -2.44. The quantitative estimate of drug-likeness (QED) is 0.734. The van der Waals surface area contributed by atoms with Crippen molar-refractivity contribution in [3.8, 4) is 5.75 Å². The number of likely N-dealkylation sites (tertiary alicyclic amines) is 1. The molecule has 0 radical (unpaired) electrons. The van der Waals surface area contributed by atoms with Crippen LogP contribution in [-0.4, -0.2) is 49.0 Å². The van der Waals surface area contributed by atoms with Crippen LogP contribution in [0.5, 0.6) is 5.75 Å². The van der Waals surface area contributed by atoms with Gasteiger partial charge in [0, 0.05) is 13.1 Å². The number of fused-ring (bicyclic) bond motifs is 1. The molecule has 1 aromatic carbocycles. The molecule has 0 N–H and O–H groups in total. The van der Waals surface area contributed by atoms with Crippen molar-refractivity contribution in [2.24, 2.45) is 0 Å². The molecule has 136 valence electrons. The number of rotatable bonds is 1. The molecular weight excluding hydrogens is 313 g/mol. The van der Waals surface area contributed by atoms with Crippen molar-refractivity contribution >= 4 is 12.6 Å². The van der Waals surface area contributed by atoms with E-state index in [1.807, 2.05) is 0 Å². The summed E-state index contributed by atoms with van der Waals surface area (Å²) in [4.78, 5) is 2.39. The van der Waals surface area contributed by atoms with E-state index in [4.69, 9.17) is 14.0 Å². The summed E-state index contributed by atoms with van der Waals surface area (Å²) in [5, 5.41) is 0. The molecule has 4 rings (SSSR count). The van der Waals surface area contributed by atoms with Crippen LogP contribution in [0.15, 0.2) is 18.2 Å². The lowest BCUT2D eigenvalue weighted by atomic mass is 9.76. The standard InChI is InChI=1S/C20H30BNO3/c1-18(2)19(3,4)25-21(24-18)16-6-7-17-15(14-16)8-9-20(23-17)10-12-22(5)13-11-20/h6-7,14H,8-13H2,1-5H3. The third-order valence-electron chi connectivity index (χ3n) is 6.68. The lowest BCUT2D eigenvalue weighted by Crippen LogP contribution is -2.48. The Morgan fingerprint density at radius 1 is 0.960 bits per heavy atom. The highest BCUT2D eigenvalue weighted by atomic mass is 16.7. The van der Waals surface area contributed by atoms with Gasteiger partial charge in [0.1, 0.15) is 11.4 Å². The maximum atomic E-state index is 6.50. The molecule has 0 bridgehead atoms. The zero-order valence-corrected chi connectivity index (χ0v) is 16.2. The highest BCUT2D eigenvalue weighted by molar-refractivity contribution is 6.62. The minimum absolute atomic E-state index is 0.0470. The van der Waals surface area contributed by atoms with Gasteiger partial charge in [-0.25, -0.2) is 0 Å². The van der Waals surface area contributed by atoms with E-state index in [0.29, 0.717) is 0 Å². The predicted octanol–water partition coefficient (Wildman–Crippen LogP) is 2.78. The number of ether oxygens (including phenoxy) is 1. The summed E-state index contributed by atoms with van der Waals surface area (Å²) in [5.74, 6) is 1.05. The number of hydrogen-bond acceptors (Lipinski definition) is 4. The molecule has 0 atom stereocenters. The van der Waals surface area contributed by atoms with Crippen LogP contribution in [0.2, 0.25) is 0 Å². The van der Waals surface area contributed by atoms with Gasteiger partial charge in [0.05, 0.1) is 11.2 Å². The number of aryl methyl sites for hydroxylation is 1. The van der Waals surface area contributed by atoms with Gasteiger partial charge in [-0.1, -0.05) is 12.1 Å². The normalized spacial score (nSPS) is 27.2. The zero-order chi connectivity index (χ0) is 17.9. The Balaban J connectivity index is 1.53. The van der Waals surface area contributed by atoms with Gasteiger partial charge in [-0.05, 0) is 77.5 Å². The maximum absolute atomic E-state index is 6.50. The molecule has 5 heteroatoms. The first-order valence-corrected chi connectivity index (χ1v) is 9.56. The van der Waals surface area contributed by atoms with Crippen LogP contribution in [0.1, 0.15) is 52.5 Å². The Labute approximate surface area is 152 Å². The molecule has 0 aliphatic carbocycles. The van der Waals surface area contributed by atoms with Crippen molar-refractivity contribution in [2.75, 3.05) is 20.1 Å². The van der Waals surface area contributed by atoms with Gasteiger partial charge < -0.3 is 18.9 Å². The third-order valence-corrected chi connectivity index (χ3v) is 6.68. The van der Waals surface area contributed by atoms with E-state index in [0.717, 1.165) is 50.0 Å². The van der Waals surface area contributed by atoms with Crippen LogP contribution in [0.4, 0.5) is 0 Å². The predicted molar refractivity (Wildman–Crippen MR) is 101 cm³/mol. The molecule has 0 aromatic heterocycles. The van der Waals surface area contributed by atoms with Gasteiger partial charge in [-0.2, -0.15) is 0 Å². The summed E-state index contributed by atoms with van der Waals surface area (Å²) >= 11 is 0. The first-order chi connectivity index (χ1) is 11.7. The molecule has 0 saturated carbocycles. The van der Waals surface area contributed by atoms with Gasteiger partial charge in [-0.3, -0.25) is 0 Å². The highest BCUT2D eigenvalue weighted by Gasteiger charge is 2.52. The monoisotopic (exact) mass is 343 g/mol. The van der Waals surface area contributed by atoms with Crippen molar-refractivity contribution < 1.29 is 14.0 Å². The van der Waals surface area contributed by atoms with Crippen LogP contribution in [0.3, 0.4) is 0 Å². The number of piperidine rings is 1. The van der Waals surface area contributed by atoms with Crippen molar-refractivity contribution in [3.05, 3.63) is 23.8 Å². The summed E-state index contributed by atoms with van der Waals surface area (Å²) in [6, 6.07) is 6.45. The van der Waals surface area contributed by atoms with E-state index in [9.17, 15) is 0 Å². The van der Waals surface area contributed by atoms with E-state index in [-0.39, 0.29) is 23.9 Å². The molecule has 2 fully saturated rings. The average Bonchev–Trinajstić information content (AvgIpc) is 2.78. The number of hydrogen-bond donors (Lipinski definition) is 0. The molecule has 25 heavy (non-hydrogen) atoms. The minimum atomic E-state index is -0.303. The van der Waals surface area contributed by atoms with Crippen LogP contribution in [0.25, 0.3) is 0 Å². The minimum Gasteiger partial charge on any atom is -0.487 e. The first kappa shape index (κ1) is 17.4. The van der Waals surface area contributed by atoms with E-state index in [1.165, 1.54) is 5.56 Å². The van der Waals surface area contributed by atoms with Crippen molar-refractivity contribution in [3.63, 3.8) is 0 Å². The summed E-state index contributed by atoms with van der Waals surface area (Å²) in [5.41, 5.74) is 1.83. The second-order valence-electron chi connectivity index (χ2n) is 9.04. The van der Waals surface area contributed by atoms with E-state index in [2.05, 4.69) is 57.8 Å². The Bertz CT molecular complexity index is 649. The Kier molecular flexibility index (Phi) is 3.99. The summed E-state index contributed by atoms with van der Waals surface area (Å²) < 4.78 is 18.9. The summed E-state index contributed by atoms with van der Waals surface area (Å²) in [6.07, 6.45) is 4.44. The van der Waals surface area contributed by atoms with Crippen LogP contribution >= 0.6 is 0 Å². The van der Waals surface area contributed by atoms with E-state index < -0.39 is 0 Å². The van der Waals surface area contributed by atoms with E-state index in [1.54, 1.807) is 0 Å². The molecule has 2 saturated heterocycles. The number of benzene rings is 1. The van der Waals surface area contributed by atoms with Gasteiger partial charge in [0.25, 0.3) is 0 Å². The van der Waals surface area contributed by atoms with Crippen LogP contribution in [-0.2, 0) is 15.7 Å². The lowest BCUT2D eigenvalue weighted by molar-refractivity contribution is -0.00872. The van der Waals surface area contributed by atoms with Crippen molar-refractivity contribution in [1.82, 2.24) is 4.90 Å². The van der Waals surface area contributed by atoms with Gasteiger partial charge in [0.2, 0.25) is 0 Å². The molecule has 3 aliphatic heterocycles. The Morgan fingerprint density at radius 2 is 1.60 bits per heavy atom. The van der Waals surface area contributed by atoms with Gasteiger partial charge >= 0.3 is 7.12 Å². The first-order valence-electron chi connectivity index (χ1n) is 9.56. The maximum Gasteiger partial charge on any atom is 0.494 e. The topological polar surface area (TPSA) is 30.9 Å². The second-order valence-corrected chi connectivity index (χ2v) is 9.04. The van der Waals surface area contributed by atoms with Crippen molar-refractivity contribution in [1.29, 1.82) is 0 Å². The molecule has 1 aromatic rings. The fraction of sp³-hybridized carbons (Fsp3) is 0.700. The third kappa shape index (κ3) is 3.00. The Hall–Kier alpha value is -1.04. The number of nitrogens with zero attached hydrogens (tertiary/aromatic N) is 1. The smallest absolute Gasteiger partial charge is 0.487 e. The Morgan fingerprint density at radius 3 is 2.24 bits per heavy atom. The fourth-order valence-corrected chi connectivity index (χ4v) is 4.04. The molecule has 3 heterocycles. The van der Waals surface area contributed by atoms with Gasteiger partial charge in [-0.15, -0.1) is 0 Å². The van der Waals surface area contributed by atoms with Crippen molar-refractivity contribution in [2.45, 2.75) is 70.2 Å². The summed E-state index contributed by atoms with van der Waals surface area (Å²) in [6.45, 7) is 10.6. The van der Waals surface area contributed by atoms with Crippen LogP contribution < -0.4 is 10.2 Å². The molecule has 4 nitrogen and oxygen atoms in total. The molecule has 1 spiro atoms. The zero-order valence-electron chi connectivity index (χ0n) is 16.2. The molecule has 0 amide bonds.